The number of likely N-dealkylation sites (tertiary alicyclic amines) is 2. The first-order valence-corrected chi connectivity index (χ1v) is 8.43. The van der Waals surface area contributed by atoms with E-state index in [1.807, 2.05) is 7.05 Å². The molecule has 2 unspecified atom stereocenters. The molecule has 0 radical (unpaired) electrons. The lowest BCUT2D eigenvalue weighted by Crippen LogP contribution is -2.46. The van der Waals surface area contributed by atoms with Gasteiger partial charge in [-0.3, -0.25) is 4.79 Å². The first-order chi connectivity index (χ1) is 9.74. The Hall–Kier alpha value is -0.610. The highest BCUT2D eigenvalue weighted by atomic mass is 16.2. The molecule has 0 saturated carbocycles. The fraction of sp³-hybridized carbons (Fsp3) is 0.938. The summed E-state index contributed by atoms with van der Waals surface area (Å²) in [4.78, 5) is 17.2. The third kappa shape index (κ3) is 4.19. The summed E-state index contributed by atoms with van der Waals surface area (Å²) in [5.74, 6) is 0.995. The Balaban J connectivity index is 1.94. The quantitative estimate of drug-likeness (QED) is 0.852. The van der Waals surface area contributed by atoms with Crippen LogP contribution < -0.4 is 5.32 Å². The first-order valence-electron chi connectivity index (χ1n) is 8.43. The topological polar surface area (TPSA) is 35.6 Å². The molecule has 2 aliphatic rings. The summed E-state index contributed by atoms with van der Waals surface area (Å²) >= 11 is 0. The largest absolute Gasteiger partial charge is 0.341 e. The molecule has 1 N–H and O–H groups in total. The van der Waals surface area contributed by atoms with Crippen LogP contribution in [0.1, 0.15) is 45.4 Å². The van der Waals surface area contributed by atoms with Crippen LogP contribution in [0.15, 0.2) is 0 Å². The second-order valence-corrected chi connectivity index (χ2v) is 6.38. The molecule has 2 atom stereocenters. The van der Waals surface area contributed by atoms with Crippen molar-refractivity contribution in [2.24, 2.45) is 5.92 Å². The van der Waals surface area contributed by atoms with Gasteiger partial charge in [-0.25, -0.2) is 0 Å². The molecule has 2 rings (SSSR count). The minimum atomic E-state index is 0.0468. The van der Waals surface area contributed by atoms with Crippen molar-refractivity contribution in [2.75, 3.05) is 39.8 Å². The maximum Gasteiger partial charge on any atom is 0.239 e. The van der Waals surface area contributed by atoms with Crippen molar-refractivity contribution in [1.82, 2.24) is 15.1 Å². The summed E-state index contributed by atoms with van der Waals surface area (Å²) < 4.78 is 0. The molecular weight excluding hydrogens is 250 g/mol. The lowest BCUT2D eigenvalue weighted by atomic mass is 10.0. The summed E-state index contributed by atoms with van der Waals surface area (Å²) in [6.07, 6.45) is 7.24. The molecule has 2 aliphatic heterocycles. The van der Waals surface area contributed by atoms with Gasteiger partial charge in [0.25, 0.3) is 0 Å². The van der Waals surface area contributed by atoms with Gasteiger partial charge < -0.3 is 15.1 Å². The second kappa shape index (κ2) is 7.99. The highest BCUT2D eigenvalue weighted by molar-refractivity contribution is 5.82. The molecule has 20 heavy (non-hydrogen) atoms. The van der Waals surface area contributed by atoms with Crippen molar-refractivity contribution in [1.29, 1.82) is 0 Å². The van der Waals surface area contributed by atoms with Gasteiger partial charge in [-0.1, -0.05) is 13.3 Å². The minimum Gasteiger partial charge on any atom is -0.341 e. The molecular formula is C16H31N3O. The van der Waals surface area contributed by atoms with Gasteiger partial charge in [-0.05, 0) is 58.2 Å². The van der Waals surface area contributed by atoms with Crippen molar-refractivity contribution in [2.45, 2.75) is 51.5 Å². The van der Waals surface area contributed by atoms with E-state index in [-0.39, 0.29) is 6.04 Å². The van der Waals surface area contributed by atoms with Crippen LogP contribution in [-0.2, 0) is 4.79 Å². The van der Waals surface area contributed by atoms with Gasteiger partial charge in [0, 0.05) is 19.6 Å². The SMILES string of the molecule is CCN1CCCCC(CN2CCCCC(NC)C2=O)C1. The van der Waals surface area contributed by atoms with E-state index in [0.29, 0.717) is 11.8 Å². The number of amides is 1. The molecule has 2 saturated heterocycles. The van der Waals surface area contributed by atoms with Crippen molar-refractivity contribution in [3.8, 4) is 0 Å². The third-order valence-electron chi connectivity index (χ3n) is 4.91. The van der Waals surface area contributed by atoms with Crippen molar-refractivity contribution in [3.05, 3.63) is 0 Å². The fourth-order valence-electron chi connectivity index (χ4n) is 3.62. The molecule has 0 spiro atoms. The fourth-order valence-corrected chi connectivity index (χ4v) is 3.62. The summed E-state index contributed by atoms with van der Waals surface area (Å²) in [6.45, 7) is 7.72. The zero-order chi connectivity index (χ0) is 14.4. The first kappa shape index (κ1) is 15.8. The maximum atomic E-state index is 12.5. The van der Waals surface area contributed by atoms with Crippen LogP contribution in [-0.4, -0.2) is 61.5 Å². The molecule has 1 amide bonds. The molecule has 116 valence electrons. The number of carbonyl (C=O) groups is 1. The van der Waals surface area contributed by atoms with E-state index in [9.17, 15) is 4.79 Å². The molecule has 4 heteroatoms. The monoisotopic (exact) mass is 281 g/mol. The van der Waals surface area contributed by atoms with Crippen LogP contribution in [0.2, 0.25) is 0 Å². The van der Waals surface area contributed by atoms with E-state index in [2.05, 4.69) is 22.0 Å². The molecule has 4 nitrogen and oxygen atoms in total. The van der Waals surface area contributed by atoms with Crippen LogP contribution in [0.3, 0.4) is 0 Å². The Labute approximate surface area is 123 Å². The van der Waals surface area contributed by atoms with Crippen LogP contribution in [0.4, 0.5) is 0 Å². The van der Waals surface area contributed by atoms with Gasteiger partial charge in [0.15, 0.2) is 0 Å². The van der Waals surface area contributed by atoms with Gasteiger partial charge in [-0.15, -0.1) is 0 Å². The number of hydrogen-bond acceptors (Lipinski definition) is 3. The van der Waals surface area contributed by atoms with Crippen molar-refractivity contribution in [3.63, 3.8) is 0 Å². The Morgan fingerprint density at radius 3 is 2.65 bits per heavy atom. The number of likely N-dealkylation sites (N-methyl/N-ethyl adjacent to an activating group) is 1. The number of carbonyl (C=O) groups excluding carboxylic acids is 1. The number of nitrogens with zero attached hydrogens (tertiary/aromatic N) is 2. The van der Waals surface area contributed by atoms with E-state index in [4.69, 9.17) is 0 Å². The van der Waals surface area contributed by atoms with Crippen LogP contribution in [0, 0.1) is 5.92 Å². The highest BCUT2D eigenvalue weighted by Crippen LogP contribution is 2.20. The van der Waals surface area contributed by atoms with Crippen LogP contribution in [0.5, 0.6) is 0 Å². The molecule has 2 fully saturated rings. The van der Waals surface area contributed by atoms with Crippen molar-refractivity contribution >= 4 is 5.91 Å². The van der Waals surface area contributed by atoms with E-state index >= 15 is 0 Å². The standard InChI is InChI=1S/C16H31N3O/c1-3-18-10-6-4-8-14(12-18)13-19-11-7-5-9-15(17-2)16(19)20/h14-15,17H,3-13H2,1-2H3. The lowest BCUT2D eigenvalue weighted by molar-refractivity contribution is -0.133. The Kier molecular flexibility index (Phi) is 6.30. The number of rotatable bonds is 4. The van der Waals surface area contributed by atoms with Gasteiger partial charge in [0.1, 0.15) is 0 Å². The van der Waals surface area contributed by atoms with Gasteiger partial charge in [-0.2, -0.15) is 0 Å². The van der Waals surface area contributed by atoms with Gasteiger partial charge in [0.2, 0.25) is 5.91 Å². The van der Waals surface area contributed by atoms with E-state index in [1.165, 1.54) is 38.8 Å². The zero-order valence-corrected chi connectivity index (χ0v) is 13.2. The summed E-state index contributed by atoms with van der Waals surface area (Å²) in [6, 6.07) is 0.0468. The number of nitrogens with one attached hydrogen (secondary N) is 1. The third-order valence-corrected chi connectivity index (χ3v) is 4.91. The van der Waals surface area contributed by atoms with E-state index < -0.39 is 0 Å². The summed E-state index contributed by atoms with van der Waals surface area (Å²) in [5.41, 5.74) is 0. The average Bonchev–Trinajstić information content (AvgIpc) is 2.79. The summed E-state index contributed by atoms with van der Waals surface area (Å²) in [7, 11) is 1.91. The molecule has 0 aromatic rings. The smallest absolute Gasteiger partial charge is 0.239 e. The second-order valence-electron chi connectivity index (χ2n) is 6.38. The van der Waals surface area contributed by atoms with Crippen molar-refractivity contribution < 1.29 is 4.79 Å². The Morgan fingerprint density at radius 2 is 1.90 bits per heavy atom. The summed E-state index contributed by atoms with van der Waals surface area (Å²) in [5, 5.41) is 3.19. The normalized spacial score (nSPS) is 30.1. The van der Waals surface area contributed by atoms with Gasteiger partial charge >= 0.3 is 0 Å². The molecule has 2 heterocycles. The predicted molar refractivity (Wildman–Crippen MR) is 82.7 cm³/mol. The molecule has 0 aromatic carbocycles. The predicted octanol–water partition coefficient (Wildman–Crippen LogP) is 1.71. The van der Waals surface area contributed by atoms with Gasteiger partial charge in [0.05, 0.1) is 6.04 Å². The minimum absolute atomic E-state index is 0.0468. The average molecular weight is 281 g/mol. The van der Waals surface area contributed by atoms with Crippen LogP contribution >= 0.6 is 0 Å². The molecule has 0 bridgehead atoms. The van der Waals surface area contributed by atoms with E-state index in [0.717, 1.165) is 32.5 Å². The lowest BCUT2D eigenvalue weighted by Gasteiger charge is -2.30. The van der Waals surface area contributed by atoms with E-state index in [1.54, 1.807) is 0 Å². The Morgan fingerprint density at radius 1 is 1.15 bits per heavy atom. The Bertz CT molecular complexity index is 308. The number of hydrogen-bond donors (Lipinski definition) is 1. The maximum absolute atomic E-state index is 12.5. The molecule has 0 aliphatic carbocycles. The highest BCUT2D eigenvalue weighted by Gasteiger charge is 2.28. The van der Waals surface area contributed by atoms with Crippen LogP contribution in [0.25, 0.3) is 0 Å². The zero-order valence-electron chi connectivity index (χ0n) is 13.2. The molecule has 0 aromatic heterocycles.